The molecule has 3 aromatic carbocycles. The van der Waals surface area contributed by atoms with Crippen molar-refractivity contribution in [1.29, 1.82) is 0 Å². The second-order valence-corrected chi connectivity index (χ2v) is 11.2. The van der Waals surface area contributed by atoms with E-state index in [4.69, 9.17) is 5.10 Å². The number of aryl methyl sites for hydroxylation is 1. The number of hydrogen-bond donors (Lipinski definition) is 2. The average Bonchev–Trinajstić information content (AvgIpc) is 3.28. The van der Waals surface area contributed by atoms with Gasteiger partial charge in [0.05, 0.1) is 17.1 Å². The molecule has 38 heavy (non-hydrogen) atoms. The Morgan fingerprint density at radius 2 is 1.63 bits per heavy atom. The molecule has 0 bridgehead atoms. The fraction of sp³-hybridized carbons (Fsp3) is 0.323. The van der Waals surface area contributed by atoms with Crippen molar-refractivity contribution in [1.82, 2.24) is 14.7 Å². The van der Waals surface area contributed by atoms with Gasteiger partial charge >= 0.3 is 6.03 Å². The van der Waals surface area contributed by atoms with Crippen molar-refractivity contribution in [3.05, 3.63) is 84.1 Å². The van der Waals surface area contributed by atoms with Crippen molar-refractivity contribution in [3.8, 4) is 5.69 Å². The molecule has 0 spiro atoms. The topological polar surface area (TPSA) is 79.3 Å². The van der Waals surface area contributed by atoms with E-state index in [1.807, 2.05) is 93.6 Å². The van der Waals surface area contributed by atoms with Gasteiger partial charge in [-0.2, -0.15) is 5.10 Å². The number of carbonyl (C=O) groups excluding carboxylic acids is 2. The van der Waals surface area contributed by atoms with Gasteiger partial charge in [0.1, 0.15) is 12.4 Å². The zero-order chi connectivity index (χ0) is 27.4. The van der Waals surface area contributed by atoms with Crippen LogP contribution in [0.2, 0.25) is 0 Å². The molecule has 1 aromatic heterocycles. The summed E-state index contributed by atoms with van der Waals surface area (Å²) in [6.45, 7) is 12.7. The van der Waals surface area contributed by atoms with Crippen LogP contribution in [0.1, 0.15) is 45.9 Å². The molecule has 2 N–H and O–H groups in total. The van der Waals surface area contributed by atoms with E-state index in [-0.39, 0.29) is 29.8 Å². The lowest BCUT2D eigenvalue weighted by Crippen LogP contribution is -2.42. The highest BCUT2D eigenvalue weighted by atomic mass is 16.2. The first-order valence-electron chi connectivity index (χ1n) is 13.0. The third-order valence-corrected chi connectivity index (χ3v) is 6.26. The number of nitrogens with zero attached hydrogens (tertiary/aromatic N) is 3. The molecule has 7 heteroatoms. The molecule has 0 saturated heterocycles. The summed E-state index contributed by atoms with van der Waals surface area (Å²) in [7, 11) is 0. The summed E-state index contributed by atoms with van der Waals surface area (Å²) in [5.74, 6) is 0.474. The fourth-order valence-corrected chi connectivity index (χ4v) is 4.26. The van der Waals surface area contributed by atoms with Gasteiger partial charge in [-0.15, -0.1) is 0 Å². The third-order valence-electron chi connectivity index (χ3n) is 6.26. The van der Waals surface area contributed by atoms with Crippen LogP contribution < -0.4 is 10.6 Å². The predicted octanol–water partition coefficient (Wildman–Crippen LogP) is 6.76. The molecular weight excluding hydrogens is 474 g/mol. The number of anilines is 2. The van der Waals surface area contributed by atoms with Gasteiger partial charge in [0.15, 0.2) is 0 Å². The molecule has 0 radical (unpaired) electrons. The van der Waals surface area contributed by atoms with Crippen molar-refractivity contribution in [2.24, 2.45) is 5.92 Å². The molecular formula is C31H37N5O2. The van der Waals surface area contributed by atoms with E-state index in [1.165, 1.54) is 0 Å². The lowest BCUT2D eigenvalue weighted by molar-refractivity contribution is -0.116. The minimum atomic E-state index is -0.312. The molecule has 0 fully saturated rings. The van der Waals surface area contributed by atoms with Crippen LogP contribution in [-0.2, 0) is 10.2 Å². The Morgan fingerprint density at radius 3 is 2.32 bits per heavy atom. The molecule has 4 aromatic rings. The summed E-state index contributed by atoms with van der Waals surface area (Å²) < 4.78 is 1.75. The Bertz CT molecular complexity index is 1430. The van der Waals surface area contributed by atoms with Crippen LogP contribution in [-0.4, -0.2) is 39.7 Å². The van der Waals surface area contributed by atoms with Gasteiger partial charge in [-0.25, -0.2) is 9.48 Å². The fourth-order valence-electron chi connectivity index (χ4n) is 4.26. The van der Waals surface area contributed by atoms with Crippen LogP contribution in [0, 0.1) is 12.8 Å². The number of carbonyl (C=O) groups is 2. The third kappa shape index (κ3) is 6.40. The summed E-state index contributed by atoms with van der Waals surface area (Å²) in [5, 5.41) is 12.8. The summed E-state index contributed by atoms with van der Waals surface area (Å²) in [6.07, 6.45) is 0. The van der Waals surface area contributed by atoms with Crippen molar-refractivity contribution < 1.29 is 9.59 Å². The number of hydrogen-bond acceptors (Lipinski definition) is 3. The minimum Gasteiger partial charge on any atom is -0.315 e. The van der Waals surface area contributed by atoms with Crippen LogP contribution >= 0.6 is 0 Å². The maximum absolute atomic E-state index is 13.4. The van der Waals surface area contributed by atoms with Crippen LogP contribution in [0.4, 0.5) is 16.3 Å². The van der Waals surface area contributed by atoms with Gasteiger partial charge in [-0.05, 0) is 36.4 Å². The predicted molar refractivity (Wildman–Crippen MR) is 155 cm³/mol. The summed E-state index contributed by atoms with van der Waals surface area (Å²) in [4.78, 5) is 28.2. The number of aromatic nitrogens is 2. The van der Waals surface area contributed by atoms with Gasteiger partial charge in [0.2, 0.25) is 5.91 Å². The standard InChI is InChI=1S/C31H37N5O2/c1-21(2)19-35(30(38)32-26-13-9-11-23-10-7-8-12-25(23)26)20-29(37)33-28-18-27(31(4,5)6)34-36(28)24-16-14-22(3)15-17-24/h7-18,21H,19-20H2,1-6H3,(H,32,38)(H,33,37). The molecule has 0 saturated carbocycles. The largest absolute Gasteiger partial charge is 0.322 e. The van der Waals surface area contributed by atoms with Crippen molar-refractivity contribution in [2.45, 2.75) is 47.0 Å². The van der Waals surface area contributed by atoms with E-state index in [2.05, 4.69) is 31.4 Å². The van der Waals surface area contributed by atoms with Crippen molar-refractivity contribution in [3.63, 3.8) is 0 Å². The van der Waals surface area contributed by atoms with Crippen molar-refractivity contribution in [2.75, 3.05) is 23.7 Å². The molecule has 4 rings (SSSR count). The molecule has 7 nitrogen and oxygen atoms in total. The highest BCUT2D eigenvalue weighted by Crippen LogP contribution is 2.27. The van der Waals surface area contributed by atoms with Crippen LogP contribution in [0.5, 0.6) is 0 Å². The van der Waals surface area contributed by atoms with E-state index in [1.54, 1.807) is 9.58 Å². The van der Waals surface area contributed by atoms with E-state index in [9.17, 15) is 9.59 Å². The van der Waals surface area contributed by atoms with Gasteiger partial charge in [0, 0.05) is 23.4 Å². The Labute approximate surface area is 224 Å². The summed E-state index contributed by atoms with van der Waals surface area (Å²) >= 11 is 0. The Balaban J connectivity index is 1.56. The second kappa shape index (κ2) is 11.1. The Morgan fingerprint density at radius 1 is 0.947 bits per heavy atom. The lowest BCUT2D eigenvalue weighted by atomic mass is 9.92. The molecule has 0 aliphatic carbocycles. The number of benzene rings is 3. The first kappa shape index (κ1) is 26.9. The summed E-state index contributed by atoms with van der Waals surface area (Å²) in [5.41, 5.74) is 3.38. The van der Waals surface area contributed by atoms with Crippen LogP contribution in [0.3, 0.4) is 0 Å². The average molecular weight is 512 g/mol. The van der Waals surface area contributed by atoms with E-state index < -0.39 is 0 Å². The lowest BCUT2D eigenvalue weighted by Gasteiger charge is -2.25. The maximum Gasteiger partial charge on any atom is 0.322 e. The van der Waals surface area contributed by atoms with Gasteiger partial charge < -0.3 is 15.5 Å². The smallest absolute Gasteiger partial charge is 0.315 e. The number of rotatable bonds is 7. The van der Waals surface area contributed by atoms with E-state index in [0.29, 0.717) is 12.4 Å². The molecule has 198 valence electrons. The van der Waals surface area contributed by atoms with Crippen LogP contribution in [0.25, 0.3) is 16.5 Å². The van der Waals surface area contributed by atoms with Crippen molar-refractivity contribution >= 4 is 34.2 Å². The Kier molecular flexibility index (Phi) is 7.86. The highest BCUT2D eigenvalue weighted by Gasteiger charge is 2.24. The van der Waals surface area contributed by atoms with E-state index >= 15 is 0 Å². The minimum absolute atomic E-state index is 0.0846. The Hall–Kier alpha value is -4.13. The molecule has 3 amide bonds. The zero-order valence-corrected chi connectivity index (χ0v) is 23.1. The number of fused-ring (bicyclic) bond motifs is 1. The number of urea groups is 1. The molecule has 0 atom stereocenters. The highest BCUT2D eigenvalue weighted by molar-refractivity contribution is 6.03. The van der Waals surface area contributed by atoms with E-state index in [0.717, 1.165) is 33.4 Å². The van der Waals surface area contributed by atoms with Gasteiger partial charge in [0.25, 0.3) is 0 Å². The van der Waals surface area contributed by atoms with Crippen LogP contribution in [0.15, 0.2) is 72.8 Å². The molecule has 0 unspecified atom stereocenters. The van der Waals surface area contributed by atoms with Gasteiger partial charge in [-0.3, -0.25) is 4.79 Å². The maximum atomic E-state index is 13.4. The molecule has 1 heterocycles. The quantitative estimate of drug-likeness (QED) is 0.288. The monoisotopic (exact) mass is 511 g/mol. The molecule has 0 aliphatic rings. The summed E-state index contributed by atoms with van der Waals surface area (Å²) in [6, 6.07) is 23.3. The normalized spacial score (nSPS) is 11.6. The molecule has 0 aliphatic heterocycles. The number of amides is 3. The number of nitrogens with one attached hydrogen (secondary N) is 2. The first-order chi connectivity index (χ1) is 18.0. The second-order valence-electron chi connectivity index (χ2n) is 11.2. The first-order valence-corrected chi connectivity index (χ1v) is 13.0. The van der Waals surface area contributed by atoms with Gasteiger partial charge in [-0.1, -0.05) is 88.7 Å². The zero-order valence-electron chi connectivity index (χ0n) is 23.1. The SMILES string of the molecule is Cc1ccc(-n2nc(C(C)(C)C)cc2NC(=O)CN(CC(C)C)C(=O)Nc2cccc3ccccc23)cc1.